The van der Waals surface area contributed by atoms with E-state index in [0.29, 0.717) is 28.9 Å². The number of phenolic OH excluding ortho intramolecular Hbond substituents is 1. The monoisotopic (exact) mass is 452 g/mol. The van der Waals surface area contributed by atoms with Gasteiger partial charge in [0.25, 0.3) is 0 Å². The van der Waals surface area contributed by atoms with Gasteiger partial charge in [-0.1, -0.05) is 20.8 Å². The molecule has 11 heteroatoms. The number of aromatic hydroxyl groups is 1. The lowest BCUT2D eigenvalue weighted by atomic mass is 9.85. The van der Waals surface area contributed by atoms with E-state index in [-0.39, 0.29) is 36.0 Å². The minimum Gasteiger partial charge on any atom is -0.507 e. The van der Waals surface area contributed by atoms with Gasteiger partial charge in [0.15, 0.2) is 0 Å². The first-order chi connectivity index (χ1) is 13.4. The molecule has 1 aromatic carbocycles. The Labute approximate surface area is 187 Å². The minimum atomic E-state index is 0. The number of benzene rings is 1. The van der Waals surface area contributed by atoms with Crippen LogP contribution in [0.1, 0.15) is 20.8 Å². The molecule has 162 valence electrons. The number of halogens is 2. The van der Waals surface area contributed by atoms with Gasteiger partial charge in [-0.15, -0.1) is 35.0 Å². The highest BCUT2D eigenvalue weighted by molar-refractivity contribution is 5.85. The molecule has 1 fully saturated rings. The molecular formula is C19H26Cl2N8O. The summed E-state index contributed by atoms with van der Waals surface area (Å²) in [7, 11) is 0. The summed E-state index contributed by atoms with van der Waals surface area (Å²) in [6.45, 7) is 9.23. The maximum atomic E-state index is 10.4. The van der Waals surface area contributed by atoms with Crippen LogP contribution in [0.3, 0.4) is 0 Å². The van der Waals surface area contributed by atoms with Crippen LogP contribution >= 0.6 is 24.8 Å². The molecule has 3 heterocycles. The number of phenols is 1. The van der Waals surface area contributed by atoms with E-state index in [9.17, 15) is 5.11 Å². The Kier molecular flexibility index (Phi) is 7.57. The van der Waals surface area contributed by atoms with Gasteiger partial charge in [0.05, 0.1) is 24.3 Å². The van der Waals surface area contributed by atoms with Crippen molar-refractivity contribution in [2.24, 2.45) is 5.41 Å². The zero-order chi connectivity index (χ0) is 19.7. The van der Waals surface area contributed by atoms with E-state index in [2.05, 4.69) is 56.4 Å². The second kappa shape index (κ2) is 9.55. The highest BCUT2D eigenvalue weighted by Crippen LogP contribution is 2.29. The third kappa shape index (κ3) is 4.97. The average Bonchev–Trinajstić information content (AvgIpc) is 3.22. The minimum absolute atomic E-state index is 0. The van der Waals surface area contributed by atoms with E-state index in [1.807, 2.05) is 6.07 Å². The van der Waals surface area contributed by atoms with Gasteiger partial charge in [-0.3, -0.25) is 0 Å². The predicted molar refractivity (Wildman–Crippen MR) is 120 cm³/mol. The highest BCUT2D eigenvalue weighted by atomic mass is 35.5. The summed E-state index contributed by atoms with van der Waals surface area (Å²) in [5.74, 6) is 0.685. The standard InChI is InChI=1S/C19H24N8O.2ClH/c1-19(2,3)17-12-26(9-8-20-17)18-21-11-15(24-25-18)14-5-4-13(10-16(14)28)27-22-6-7-23-27;;/h4-7,10-11,17,20,28H,8-9,12H2,1-3H3;2*1H/t17-;;/m1../s1. The summed E-state index contributed by atoms with van der Waals surface area (Å²) in [6, 6.07) is 5.53. The average molecular weight is 453 g/mol. The number of anilines is 1. The maximum Gasteiger partial charge on any atom is 0.245 e. The van der Waals surface area contributed by atoms with Crippen molar-refractivity contribution in [3.05, 3.63) is 36.8 Å². The molecule has 1 saturated heterocycles. The molecule has 2 N–H and O–H groups in total. The van der Waals surface area contributed by atoms with Gasteiger partial charge < -0.3 is 15.3 Å². The van der Waals surface area contributed by atoms with Crippen LogP contribution < -0.4 is 10.2 Å². The highest BCUT2D eigenvalue weighted by Gasteiger charge is 2.30. The zero-order valence-electron chi connectivity index (χ0n) is 17.1. The van der Waals surface area contributed by atoms with Crippen molar-refractivity contribution in [1.82, 2.24) is 35.5 Å². The van der Waals surface area contributed by atoms with Gasteiger partial charge in [0.2, 0.25) is 5.95 Å². The van der Waals surface area contributed by atoms with Gasteiger partial charge in [0.1, 0.15) is 11.4 Å². The number of nitrogens with one attached hydrogen (secondary N) is 1. The van der Waals surface area contributed by atoms with E-state index in [1.165, 1.54) is 4.80 Å². The Hall–Kier alpha value is -2.49. The first kappa shape index (κ1) is 23.8. The largest absolute Gasteiger partial charge is 0.507 e. The second-order valence-electron chi connectivity index (χ2n) is 7.98. The van der Waals surface area contributed by atoms with Crippen molar-refractivity contribution >= 4 is 30.8 Å². The molecule has 30 heavy (non-hydrogen) atoms. The number of rotatable bonds is 3. The van der Waals surface area contributed by atoms with Crippen LogP contribution in [-0.4, -0.2) is 61.0 Å². The molecule has 0 saturated carbocycles. The van der Waals surface area contributed by atoms with E-state index in [1.54, 1.807) is 30.7 Å². The van der Waals surface area contributed by atoms with Crippen molar-refractivity contribution in [3.63, 3.8) is 0 Å². The Morgan fingerprint density at radius 2 is 1.83 bits per heavy atom. The van der Waals surface area contributed by atoms with Gasteiger partial charge in [-0.2, -0.15) is 15.0 Å². The molecule has 0 unspecified atom stereocenters. The van der Waals surface area contributed by atoms with Gasteiger partial charge in [0, 0.05) is 37.3 Å². The number of piperazine rings is 1. The third-order valence-corrected chi connectivity index (χ3v) is 4.96. The lowest BCUT2D eigenvalue weighted by molar-refractivity contribution is 0.252. The van der Waals surface area contributed by atoms with Crippen LogP contribution in [0.4, 0.5) is 5.95 Å². The van der Waals surface area contributed by atoms with Gasteiger partial charge >= 0.3 is 0 Å². The molecule has 0 bridgehead atoms. The lowest BCUT2D eigenvalue weighted by Gasteiger charge is -2.40. The lowest BCUT2D eigenvalue weighted by Crippen LogP contribution is -2.56. The molecule has 9 nitrogen and oxygen atoms in total. The van der Waals surface area contributed by atoms with Crippen molar-refractivity contribution in [3.8, 4) is 22.7 Å². The van der Waals surface area contributed by atoms with Crippen molar-refractivity contribution < 1.29 is 5.11 Å². The van der Waals surface area contributed by atoms with E-state index < -0.39 is 0 Å². The number of hydrogen-bond donors (Lipinski definition) is 2. The summed E-state index contributed by atoms with van der Waals surface area (Å²) in [5, 5.41) is 30.7. The molecule has 0 aliphatic carbocycles. The number of aromatic nitrogens is 6. The summed E-state index contributed by atoms with van der Waals surface area (Å²) < 4.78 is 0. The van der Waals surface area contributed by atoms with Crippen molar-refractivity contribution in [2.75, 3.05) is 24.5 Å². The Morgan fingerprint density at radius 3 is 2.43 bits per heavy atom. The molecule has 0 spiro atoms. The summed E-state index contributed by atoms with van der Waals surface area (Å²) in [6.07, 6.45) is 4.82. The zero-order valence-corrected chi connectivity index (χ0v) is 18.7. The predicted octanol–water partition coefficient (Wildman–Crippen LogP) is 2.49. The van der Waals surface area contributed by atoms with E-state index >= 15 is 0 Å². The fraction of sp³-hybridized carbons (Fsp3) is 0.421. The SMILES string of the molecule is CC(C)(C)[C@H]1CN(c2ncc(-c3ccc(-n4nccn4)cc3O)nn2)CCN1.Cl.Cl. The van der Waals surface area contributed by atoms with Gasteiger partial charge in [-0.25, -0.2) is 4.98 Å². The number of nitrogens with zero attached hydrogens (tertiary/aromatic N) is 7. The fourth-order valence-electron chi connectivity index (χ4n) is 3.26. The molecule has 1 atom stereocenters. The van der Waals surface area contributed by atoms with Crippen LogP contribution in [0.5, 0.6) is 5.75 Å². The van der Waals surface area contributed by atoms with Crippen LogP contribution in [0.15, 0.2) is 36.8 Å². The molecular weight excluding hydrogens is 427 g/mol. The topological polar surface area (TPSA) is 105 Å². The summed E-state index contributed by atoms with van der Waals surface area (Å²) >= 11 is 0. The van der Waals surface area contributed by atoms with Gasteiger partial charge in [-0.05, 0) is 17.5 Å². The Morgan fingerprint density at radius 1 is 1.10 bits per heavy atom. The smallest absolute Gasteiger partial charge is 0.245 e. The first-order valence-electron chi connectivity index (χ1n) is 9.30. The first-order valence-corrected chi connectivity index (χ1v) is 9.30. The fourth-order valence-corrected chi connectivity index (χ4v) is 3.26. The summed E-state index contributed by atoms with van der Waals surface area (Å²) in [5.41, 5.74) is 1.90. The van der Waals surface area contributed by atoms with E-state index in [4.69, 9.17) is 0 Å². The number of hydrogen-bond acceptors (Lipinski definition) is 8. The van der Waals surface area contributed by atoms with Crippen LogP contribution in [0.2, 0.25) is 0 Å². The molecule has 4 rings (SSSR count). The molecule has 1 aliphatic rings. The maximum absolute atomic E-state index is 10.4. The third-order valence-electron chi connectivity index (χ3n) is 4.96. The van der Waals surface area contributed by atoms with Crippen LogP contribution in [0.25, 0.3) is 16.9 Å². The van der Waals surface area contributed by atoms with Crippen LogP contribution in [0, 0.1) is 5.41 Å². The normalized spacial score (nSPS) is 16.5. The second-order valence-corrected chi connectivity index (χ2v) is 7.98. The molecule has 0 radical (unpaired) electrons. The molecule has 2 aromatic heterocycles. The quantitative estimate of drug-likeness (QED) is 0.624. The summed E-state index contributed by atoms with van der Waals surface area (Å²) in [4.78, 5) is 8.08. The van der Waals surface area contributed by atoms with Crippen molar-refractivity contribution in [1.29, 1.82) is 0 Å². The van der Waals surface area contributed by atoms with Crippen molar-refractivity contribution in [2.45, 2.75) is 26.8 Å². The van der Waals surface area contributed by atoms with E-state index in [0.717, 1.165) is 19.6 Å². The molecule has 1 aliphatic heterocycles. The Balaban J connectivity index is 0.00000160. The Bertz CT molecular complexity index is 944. The van der Waals surface area contributed by atoms with Crippen LogP contribution in [-0.2, 0) is 0 Å². The molecule has 0 amide bonds. The molecule has 3 aromatic rings.